The van der Waals surface area contributed by atoms with Gasteiger partial charge in [0.1, 0.15) is 6.54 Å². The van der Waals surface area contributed by atoms with Gasteiger partial charge in [0.05, 0.1) is 6.04 Å². The quantitative estimate of drug-likeness (QED) is 0.786. The summed E-state index contributed by atoms with van der Waals surface area (Å²) in [6.45, 7) is 0.780. The van der Waals surface area contributed by atoms with Crippen LogP contribution in [0.15, 0.2) is 0 Å². The molecule has 0 saturated heterocycles. The van der Waals surface area contributed by atoms with Crippen LogP contribution in [0.1, 0.15) is 39.0 Å². The number of halogens is 3. The molecule has 17 heavy (non-hydrogen) atoms. The number of alkyl halides is 3. The number of carbonyl (C=O) groups is 1. The van der Waals surface area contributed by atoms with Crippen LogP contribution in [0.25, 0.3) is 0 Å². The summed E-state index contributed by atoms with van der Waals surface area (Å²) >= 11 is 0. The minimum absolute atomic E-state index is 0.253. The SMILES string of the molecule is CCCCC(N)C(=O)N(CC(F)(F)F)C1CC1. The molecule has 1 aliphatic rings. The first kappa shape index (κ1) is 14.3. The molecule has 1 saturated carbocycles. The van der Waals surface area contributed by atoms with E-state index in [-0.39, 0.29) is 6.04 Å². The summed E-state index contributed by atoms with van der Waals surface area (Å²) in [5.74, 6) is -0.557. The predicted octanol–water partition coefficient (Wildman–Crippen LogP) is 2.06. The molecule has 1 atom stereocenters. The Bertz CT molecular complexity index is 264. The van der Waals surface area contributed by atoms with E-state index in [0.29, 0.717) is 19.3 Å². The van der Waals surface area contributed by atoms with Gasteiger partial charge in [0.2, 0.25) is 5.91 Å². The number of amides is 1. The Morgan fingerprint density at radius 3 is 2.47 bits per heavy atom. The lowest BCUT2D eigenvalue weighted by molar-refractivity contribution is -0.163. The van der Waals surface area contributed by atoms with Gasteiger partial charge in [-0.05, 0) is 19.3 Å². The van der Waals surface area contributed by atoms with Crippen LogP contribution >= 0.6 is 0 Å². The Balaban J connectivity index is 2.54. The highest BCUT2D eigenvalue weighted by Gasteiger charge is 2.41. The topological polar surface area (TPSA) is 46.3 Å². The molecule has 1 aliphatic carbocycles. The van der Waals surface area contributed by atoms with Crippen molar-refractivity contribution in [2.24, 2.45) is 5.73 Å². The number of unbranched alkanes of at least 4 members (excludes halogenated alkanes) is 1. The maximum absolute atomic E-state index is 12.3. The molecule has 0 aromatic carbocycles. The van der Waals surface area contributed by atoms with Gasteiger partial charge in [-0.3, -0.25) is 4.79 Å². The number of hydrogen-bond donors (Lipinski definition) is 1. The smallest absolute Gasteiger partial charge is 0.329 e. The zero-order valence-corrected chi connectivity index (χ0v) is 9.96. The molecule has 1 rings (SSSR count). The lowest BCUT2D eigenvalue weighted by Crippen LogP contribution is -2.48. The molecular formula is C11H19F3N2O. The molecule has 0 aliphatic heterocycles. The van der Waals surface area contributed by atoms with Crippen molar-refractivity contribution in [2.75, 3.05) is 6.54 Å². The first-order valence-electron chi connectivity index (χ1n) is 5.98. The van der Waals surface area contributed by atoms with Crippen LogP contribution in [-0.4, -0.2) is 35.6 Å². The van der Waals surface area contributed by atoms with Crippen molar-refractivity contribution in [3.05, 3.63) is 0 Å². The lowest BCUT2D eigenvalue weighted by atomic mass is 10.1. The van der Waals surface area contributed by atoms with Crippen molar-refractivity contribution in [3.8, 4) is 0 Å². The molecule has 6 heteroatoms. The van der Waals surface area contributed by atoms with E-state index in [2.05, 4.69) is 0 Å². The summed E-state index contributed by atoms with van der Waals surface area (Å²) < 4.78 is 37.0. The minimum atomic E-state index is -4.34. The maximum Gasteiger partial charge on any atom is 0.406 e. The molecule has 0 radical (unpaired) electrons. The fourth-order valence-corrected chi connectivity index (χ4v) is 1.73. The second-order valence-electron chi connectivity index (χ2n) is 4.56. The van der Waals surface area contributed by atoms with Crippen molar-refractivity contribution in [1.82, 2.24) is 4.90 Å². The summed E-state index contributed by atoms with van der Waals surface area (Å²) in [5.41, 5.74) is 5.63. The Labute approximate surface area is 99.1 Å². The van der Waals surface area contributed by atoms with Crippen molar-refractivity contribution in [2.45, 2.75) is 57.3 Å². The maximum atomic E-state index is 12.3. The molecule has 0 aromatic heterocycles. The van der Waals surface area contributed by atoms with E-state index < -0.39 is 24.7 Å². The fourth-order valence-electron chi connectivity index (χ4n) is 1.73. The largest absolute Gasteiger partial charge is 0.406 e. The normalized spacial score (nSPS) is 17.9. The van der Waals surface area contributed by atoms with Crippen LogP contribution in [0.4, 0.5) is 13.2 Å². The molecule has 0 aromatic rings. The number of rotatable bonds is 6. The Morgan fingerprint density at radius 1 is 1.47 bits per heavy atom. The molecule has 1 unspecified atom stereocenters. The van der Waals surface area contributed by atoms with E-state index >= 15 is 0 Å². The van der Waals surface area contributed by atoms with Crippen LogP contribution in [0.3, 0.4) is 0 Å². The molecule has 2 N–H and O–H groups in total. The molecule has 0 spiro atoms. The third kappa shape index (κ3) is 4.93. The van der Waals surface area contributed by atoms with Gasteiger partial charge in [-0.15, -0.1) is 0 Å². The monoisotopic (exact) mass is 252 g/mol. The van der Waals surface area contributed by atoms with Gasteiger partial charge >= 0.3 is 6.18 Å². The number of nitrogens with two attached hydrogens (primary N) is 1. The number of carbonyl (C=O) groups excluding carboxylic acids is 1. The molecule has 3 nitrogen and oxygen atoms in total. The molecular weight excluding hydrogens is 233 g/mol. The van der Waals surface area contributed by atoms with Gasteiger partial charge in [-0.1, -0.05) is 19.8 Å². The summed E-state index contributed by atoms with van der Waals surface area (Å²) in [4.78, 5) is 12.7. The van der Waals surface area contributed by atoms with Crippen molar-refractivity contribution < 1.29 is 18.0 Å². The van der Waals surface area contributed by atoms with Crippen molar-refractivity contribution >= 4 is 5.91 Å². The van der Waals surface area contributed by atoms with Crippen LogP contribution in [0.2, 0.25) is 0 Å². The second-order valence-corrected chi connectivity index (χ2v) is 4.56. The summed E-state index contributed by atoms with van der Waals surface area (Å²) in [6.07, 6.45) is -0.940. The van der Waals surface area contributed by atoms with Crippen LogP contribution < -0.4 is 5.73 Å². The summed E-state index contributed by atoms with van der Waals surface area (Å²) in [7, 11) is 0. The molecule has 1 fully saturated rings. The third-order valence-electron chi connectivity index (χ3n) is 2.81. The van der Waals surface area contributed by atoms with Gasteiger partial charge in [0, 0.05) is 6.04 Å². The summed E-state index contributed by atoms with van der Waals surface area (Å²) in [5, 5.41) is 0. The minimum Gasteiger partial charge on any atom is -0.329 e. The third-order valence-corrected chi connectivity index (χ3v) is 2.81. The van der Waals surface area contributed by atoms with Gasteiger partial charge in [-0.2, -0.15) is 13.2 Å². The number of hydrogen-bond acceptors (Lipinski definition) is 2. The molecule has 0 heterocycles. The van der Waals surface area contributed by atoms with Gasteiger partial charge in [0.15, 0.2) is 0 Å². The number of nitrogens with zero attached hydrogens (tertiary/aromatic N) is 1. The highest BCUT2D eigenvalue weighted by Crippen LogP contribution is 2.30. The lowest BCUT2D eigenvalue weighted by Gasteiger charge is -2.26. The Kier molecular flexibility index (Phi) is 4.80. The molecule has 100 valence electrons. The highest BCUT2D eigenvalue weighted by atomic mass is 19.4. The van der Waals surface area contributed by atoms with Crippen LogP contribution in [0, 0.1) is 0 Å². The van der Waals surface area contributed by atoms with E-state index in [4.69, 9.17) is 5.73 Å². The van der Waals surface area contributed by atoms with Crippen LogP contribution in [0.5, 0.6) is 0 Å². The predicted molar refractivity (Wildman–Crippen MR) is 58.3 cm³/mol. The second kappa shape index (κ2) is 5.71. The van der Waals surface area contributed by atoms with Crippen molar-refractivity contribution in [1.29, 1.82) is 0 Å². The molecule has 1 amide bonds. The van der Waals surface area contributed by atoms with Gasteiger partial charge in [-0.25, -0.2) is 0 Å². The van der Waals surface area contributed by atoms with E-state index in [1.165, 1.54) is 0 Å². The van der Waals surface area contributed by atoms with E-state index in [1.54, 1.807) is 0 Å². The van der Waals surface area contributed by atoms with Crippen LogP contribution in [-0.2, 0) is 4.79 Å². The van der Waals surface area contributed by atoms with E-state index in [9.17, 15) is 18.0 Å². The average molecular weight is 252 g/mol. The summed E-state index contributed by atoms with van der Waals surface area (Å²) in [6, 6.07) is -1.05. The van der Waals surface area contributed by atoms with Gasteiger partial charge in [0.25, 0.3) is 0 Å². The fraction of sp³-hybridized carbons (Fsp3) is 0.909. The Morgan fingerprint density at radius 2 is 2.06 bits per heavy atom. The standard InChI is InChI=1S/C11H19F3N2O/c1-2-3-4-9(15)10(17)16(8-5-6-8)7-11(12,13)14/h8-9H,2-7,15H2,1H3. The Hall–Kier alpha value is -0.780. The van der Waals surface area contributed by atoms with Gasteiger partial charge < -0.3 is 10.6 Å². The average Bonchev–Trinajstić information content (AvgIpc) is 3.04. The zero-order chi connectivity index (χ0) is 13.1. The van der Waals surface area contributed by atoms with E-state index in [1.807, 2.05) is 6.92 Å². The zero-order valence-electron chi connectivity index (χ0n) is 9.96. The highest BCUT2D eigenvalue weighted by molar-refractivity contribution is 5.82. The van der Waals surface area contributed by atoms with E-state index in [0.717, 1.165) is 17.7 Å². The first-order chi connectivity index (χ1) is 7.85. The molecule has 0 bridgehead atoms. The first-order valence-corrected chi connectivity index (χ1v) is 5.98. The van der Waals surface area contributed by atoms with Crippen molar-refractivity contribution in [3.63, 3.8) is 0 Å².